The molecule has 0 atom stereocenters. The van der Waals surface area contributed by atoms with Gasteiger partial charge < -0.3 is 4.42 Å². The Balaban J connectivity index is 1.66. The molecule has 22 heavy (non-hydrogen) atoms. The first-order valence-corrected chi connectivity index (χ1v) is 7.29. The quantitative estimate of drug-likeness (QED) is 0.800. The SMILES string of the molecule is N#Cc1ccc(C(=O)Nc2nnc(Cc3cccs3)o2)cc1. The largest absolute Gasteiger partial charge is 0.407 e. The molecule has 0 aliphatic carbocycles. The number of rotatable bonds is 4. The Hall–Kier alpha value is -2.98. The number of thiophene rings is 1. The number of carbonyl (C=O) groups excluding carboxylic acids is 1. The molecule has 1 amide bonds. The molecule has 1 aromatic carbocycles. The maximum atomic E-state index is 12.0. The molecule has 2 heterocycles. The molecule has 0 saturated heterocycles. The van der Waals surface area contributed by atoms with Gasteiger partial charge in [0, 0.05) is 10.4 Å². The van der Waals surface area contributed by atoms with Crippen LogP contribution in [-0.4, -0.2) is 16.1 Å². The van der Waals surface area contributed by atoms with E-state index in [-0.39, 0.29) is 11.9 Å². The Bertz CT molecular complexity index is 816. The van der Waals surface area contributed by atoms with Gasteiger partial charge in [0.25, 0.3) is 5.91 Å². The predicted molar refractivity (Wildman–Crippen MR) is 80.5 cm³/mol. The zero-order valence-corrected chi connectivity index (χ0v) is 12.1. The van der Waals surface area contributed by atoms with Gasteiger partial charge in [0.15, 0.2) is 0 Å². The molecular formula is C15H10N4O2S. The molecule has 108 valence electrons. The smallest absolute Gasteiger partial charge is 0.322 e. The number of hydrogen-bond donors (Lipinski definition) is 1. The zero-order chi connectivity index (χ0) is 15.4. The van der Waals surface area contributed by atoms with Crippen molar-refractivity contribution in [2.75, 3.05) is 5.32 Å². The number of amides is 1. The molecule has 0 saturated carbocycles. The van der Waals surface area contributed by atoms with Crippen molar-refractivity contribution in [3.05, 3.63) is 63.7 Å². The molecule has 1 N–H and O–H groups in total. The van der Waals surface area contributed by atoms with E-state index in [1.807, 2.05) is 23.6 Å². The monoisotopic (exact) mass is 310 g/mol. The molecule has 0 aliphatic rings. The second-order valence-electron chi connectivity index (χ2n) is 4.40. The minimum absolute atomic E-state index is 0.0564. The Kier molecular flexibility index (Phi) is 3.94. The molecule has 0 bridgehead atoms. The third-order valence-electron chi connectivity index (χ3n) is 2.87. The average Bonchev–Trinajstić information content (AvgIpc) is 3.20. The van der Waals surface area contributed by atoms with E-state index < -0.39 is 0 Å². The summed E-state index contributed by atoms with van der Waals surface area (Å²) in [5.41, 5.74) is 0.907. The van der Waals surface area contributed by atoms with E-state index >= 15 is 0 Å². The first-order chi connectivity index (χ1) is 10.7. The predicted octanol–water partition coefficient (Wildman–Crippen LogP) is 2.85. The highest BCUT2D eigenvalue weighted by molar-refractivity contribution is 7.09. The van der Waals surface area contributed by atoms with Gasteiger partial charge in [-0.15, -0.1) is 16.4 Å². The molecule has 0 fully saturated rings. The van der Waals surface area contributed by atoms with Gasteiger partial charge in [-0.2, -0.15) is 5.26 Å². The third-order valence-corrected chi connectivity index (χ3v) is 3.75. The van der Waals surface area contributed by atoms with E-state index in [0.717, 1.165) is 4.88 Å². The van der Waals surface area contributed by atoms with Crippen LogP contribution in [0.5, 0.6) is 0 Å². The summed E-state index contributed by atoms with van der Waals surface area (Å²) in [4.78, 5) is 13.1. The van der Waals surface area contributed by atoms with Gasteiger partial charge in [-0.05, 0) is 35.7 Å². The van der Waals surface area contributed by atoms with Gasteiger partial charge in [0.1, 0.15) is 0 Å². The summed E-state index contributed by atoms with van der Waals surface area (Å²) in [7, 11) is 0. The van der Waals surface area contributed by atoms with E-state index in [2.05, 4.69) is 15.5 Å². The highest BCUT2D eigenvalue weighted by Gasteiger charge is 2.12. The van der Waals surface area contributed by atoms with Crippen molar-refractivity contribution in [3.63, 3.8) is 0 Å². The van der Waals surface area contributed by atoms with Crippen LogP contribution in [0.4, 0.5) is 6.01 Å². The average molecular weight is 310 g/mol. The van der Waals surface area contributed by atoms with Gasteiger partial charge in [0.2, 0.25) is 5.89 Å². The standard InChI is InChI=1S/C15H10N4O2S/c16-9-10-3-5-11(6-4-10)14(20)17-15-19-18-13(21-15)8-12-2-1-7-22-12/h1-7H,8H2,(H,17,19,20). The van der Waals surface area contributed by atoms with Crippen molar-refractivity contribution in [1.82, 2.24) is 10.2 Å². The fourth-order valence-electron chi connectivity index (χ4n) is 1.80. The van der Waals surface area contributed by atoms with E-state index in [9.17, 15) is 4.79 Å². The minimum Gasteiger partial charge on any atom is -0.407 e. The number of carbonyl (C=O) groups is 1. The fraction of sp³-hybridized carbons (Fsp3) is 0.0667. The van der Waals surface area contributed by atoms with Crippen LogP contribution >= 0.6 is 11.3 Å². The first kappa shape index (κ1) is 14.0. The van der Waals surface area contributed by atoms with Crippen LogP contribution in [0.3, 0.4) is 0 Å². The Morgan fingerprint density at radius 1 is 1.27 bits per heavy atom. The maximum Gasteiger partial charge on any atom is 0.322 e. The summed E-state index contributed by atoms with van der Waals surface area (Å²) in [6, 6.07) is 12.3. The van der Waals surface area contributed by atoms with Crippen molar-refractivity contribution in [2.45, 2.75) is 6.42 Å². The highest BCUT2D eigenvalue weighted by Crippen LogP contribution is 2.16. The molecule has 7 heteroatoms. The summed E-state index contributed by atoms with van der Waals surface area (Å²) >= 11 is 1.60. The van der Waals surface area contributed by atoms with Gasteiger partial charge in [-0.25, -0.2) is 0 Å². The topological polar surface area (TPSA) is 91.8 Å². The lowest BCUT2D eigenvalue weighted by Gasteiger charge is -2.00. The van der Waals surface area contributed by atoms with Crippen LogP contribution < -0.4 is 5.32 Å². The molecule has 3 rings (SSSR count). The Morgan fingerprint density at radius 3 is 2.77 bits per heavy atom. The summed E-state index contributed by atoms with van der Waals surface area (Å²) in [6.07, 6.45) is 0.539. The molecular weight excluding hydrogens is 300 g/mol. The van der Waals surface area contributed by atoms with Crippen LogP contribution in [0.1, 0.15) is 26.7 Å². The molecule has 0 unspecified atom stereocenters. The second kappa shape index (κ2) is 6.20. The van der Waals surface area contributed by atoms with Gasteiger partial charge >= 0.3 is 6.01 Å². The Morgan fingerprint density at radius 2 is 2.09 bits per heavy atom. The number of nitrogens with zero attached hydrogens (tertiary/aromatic N) is 3. The lowest BCUT2D eigenvalue weighted by molar-refractivity contribution is 0.102. The lowest BCUT2D eigenvalue weighted by atomic mass is 10.1. The number of aromatic nitrogens is 2. The van der Waals surface area contributed by atoms with Gasteiger partial charge in [-0.3, -0.25) is 10.1 Å². The molecule has 0 radical (unpaired) electrons. The molecule has 0 aliphatic heterocycles. The summed E-state index contributed by atoms with van der Waals surface area (Å²) in [6.45, 7) is 0. The molecule has 3 aromatic rings. The number of nitrogens with one attached hydrogen (secondary N) is 1. The van der Waals surface area contributed by atoms with Crippen LogP contribution in [0.25, 0.3) is 0 Å². The number of benzene rings is 1. The Labute approximate surface area is 130 Å². The lowest BCUT2D eigenvalue weighted by Crippen LogP contribution is -2.12. The van der Waals surface area contributed by atoms with Crippen molar-refractivity contribution in [1.29, 1.82) is 5.26 Å². The highest BCUT2D eigenvalue weighted by atomic mass is 32.1. The van der Waals surface area contributed by atoms with Crippen LogP contribution in [0.2, 0.25) is 0 Å². The summed E-state index contributed by atoms with van der Waals surface area (Å²) in [5, 5.41) is 20.9. The number of nitriles is 1. The van der Waals surface area contributed by atoms with Crippen molar-refractivity contribution < 1.29 is 9.21 Å². The van der Waals surface area contributed by atoms with E-state index in [1.54, 1.807) is 35.6 Å². The van der Waals surface area contributed by atoms with Crippen LogP contribution in [-0.2, 0) is 6.42 Å². The third kappa shape index (κ3) is 3.19. The zero-order valence-electron chi connectivity index (χ0n) is 11.3. The summed E-state index contributed by atoms with van der Waals surface area (Å²) in [5.74, 6) is 0.0772. The second-order valence-corrected chi connectivity index (χ2v) is 5.43. The number of anilines is 1. The number of hydrogen-bond acceptors (Lipinski definition) is 6. The molecule has 6 nitrogen and oxygen atoms in total. The summed E-state index contributed by atoms with van der Waals surface area (Å²) < 4.78 is 5.39. The van der Waals surface area contributed by atoms with E-state index in [1.165, 1.54) is 0 Å². The minimum atomic E-state index is -0.365. The van der Waals surface area contributed by atoms with Crippen LogP contribution in [0, 0.1) is 11.3 Å². The van der Waals surface area contributed by atoms with Gasteiger partial charge in [-0.1, -0.05) is 11.2 Å². The van der Waals surface area contributed by atoms with Crippen molar-refractivity contribution >= 4 is 23.3 Å². The van der Waals surface area contributed by atoms with E-state index in [4.69, 9.17) is 9.68 Å². The van der Waals surface area contributed by atoms with Crippen molar-refractivity contribution in [2.24, 2.45) is 0 Å². The van der Waals surface area contributed by atoms with E-state index in [0.29, 0.717) is 23.4 Å². The van der Waals surface area contributed by atoms with Crippen molar-refractivity contribution in [3.8, 4) is 6.07 Å². The first-order valence-electron chi connectivity index (χ1n) is 6.41. The molecule has 2 aromatic heterocycles. The van der Waals surface area contributed by atoms with Gasteiger partial charge in [0.05, 0.1) is 18.1 Å². The van der Waals surface area contributed by atoms with Crippen LogP contribution in [0.15, 0.2) is 46.2 Å². The fourth-order valence-corrected chi connectivity index (χ4v) is 2.50. The molecule has 0 spiro atoms. The normalized spacial score (nSPS) is 10.1. The maximum absolute atomic E-state index is 12.0.